The van der Waals surface area contributed by atoms with E-state index in [1.165, 1.54) is 4.52 Å². The van der Waals surface area contributed by atoms with Crippen molar-refractivity contribution in [1.29, 1.82) is 0 Å². The van der Waals surface area contributed by atoms with Gasteiger partial charge in [-0.15, -0.1) is 0 Å². The van der Waals surface area contributed by atoms with Crippen molar-refractivity contribution in [1.82, 2.24) is 24.8 Å². The molecule has 2 N–H and O–H groups in total. The average Bonchev–Trinajstić information content (AvgIpc) is 3.21. The highest BCUT2D eigenvalue weighted by Gasteiger charge is 2.43. The number of alkyl carbamates (subject to hydrolysis) is 1. The maximum atomic E-state index is 13.9. The molecule has 2 atom stereocenters. The van der Waals surface area contributed by atoms with Crippen LogP contribution < -0.4 is 5.32 Å². The van der Waals surface area contributed by atoms with Crippen LogP contribution in [0.3, 0.4) is 0 Å². The van der Waals surface area contributed by atoms with Crippen molar-refractivity contribution in [2.45, 2.75) is 90.2 Å². The Morgan fingerprint density at radius 1 is 1.26 bits per heavy atom. The summed E-state index contributed by atoms with van der Waals surface area (Å²) in [6.07, 6.45) is 2.69. The van der Waals surface area contributed by atoms with Gasteiger partial charge in [0.05, 0.1) is 29.5 Å². The average molecular weight is 536 g/mol. The van der Waals surface area contributed by atoms with Gasteiger partial charge >= 0.3 is 12.2 Å². The van der Waals surface area contributed by atoms with Gasteiger partial charge in [0, 0.05) is 19.4 Å². The van der Waals surface area contributed by atoms with Crippen molar-refractivity contribution in [2.24, 2.45) is 11.3 Å². The molecule has 1 unspecified atom stereocenters. The first kappa shape index (κ1) is 27.7. The number of carbonyl (C=O) groups is 3. The van der Waals surface area contributed by atoms with Crippen LogP contribution >= 0.6 is 0 Å². The van der Waals surface area contributed by atoms with Gasteiger partial charge in [-0.25, -0.2) is 32.8 Å². The van der Waals surface area contributed by atoms with Crippen molar-refractivity contribution in [3.05, 3.63) is 29.7 Å². The number of nitrogens with zero attached hydrogens (tertiary/aromatic N) is 4. The predicted molar refractivity (Wildman–Crippen MR) is 133 cm³/mol. The molecular formula is C26H35F2N5O5. The number of carbonyl (C=O) groups excluding carboxylic acids is 2. The van der Waals surface area contributed by atoms with Gasteiger partial charge in [0.1, 0.15) is 5.60 Å². The maximum Gasteiger partial charge on any atom is 0.414 e. The molecule has 3 amide bonds. The number of nitrogens with one attached hydrogen (secondary N) is 1. The van der Waals surface area contributed by atoms with Crippen LogP contribution in [0.15, 0.2) is 18.5 Å². The molecule has 2 aliphatic rings. The Labute approximate surface area is 219 Å². The number of fused-ring (bicyclic) bond motifs is 1. The lowest BCUT2D eigenvalue weighted by Gasteiger charge is -2.37. The second-order valence-electron chi connectivity index (χ2n) is 11.7. The number of halogens is 2. The quantitative estimate of drug-likeness (QED) is 0.554. The van der Waals surface area contributed by atoms with Crippen LogP contribution in [0.4, 0.5) is 18.4 Å². The van der Waals surface area contributed by atoms with Crippen LogP contribution in [0.25, 0.3) is 5.65 Å². The van der Waals surface area contributed by atoms with E-state index in [1.807, 2.05) is 0 Å². The first-order chi connectivity index (χ1) is 17.7. The van der Waals surface area contributed by atoms with Crippen molar-refractivity contribution in [3.63, 3.8) is 0 Å². The molecule has 0 radical (unpaired) electrons. The summed E-state index contributed by atoms with van der Waals surface area (Å²) in [6.45, 7) is 7.17. The number of hydrogen-bond donors (Lipinski definition) is 2. The lowest BCUT2D eigenvalue weighted by molar-refractivity contribution is -0.142. The Balaban J connectivity index is 1.59. The monoisotopic (exact) mass is 535 g/mol. The van der Waals surface area contributed by atoms with Gasteiger partial charge in [0.25, 0.3) is 0 Å². The van der Waals surface area contributed by atoms with E-state index in [4.69, 9.17) is 4.74 Å². The molecule has 0 bridgehead atoms. The molecular weight excluding hydrogens is 500 g/mol. The van der Waals surface area contributed by atoms with Crippen molar-refractivity contribution in [2.75, 3.05) is 6.54 Å². The van der Waals surface area contributed by atoms with Gasteiger partial charge < -0.3 is 15.2 Å². The van der Waals surface area contributed by atoms with E-state index in [0.717, 1.165) is 4.90 Å². The minimum absolute atomic E-state index is 0.184. The highest BCUT2D eigenvalue weighted by molar-refractivity contribution is 5.95. The summed E-state index contributed by atoms with van der Waals surface area (Å²) in [5.74, 6) is -3.41. The van der Waals surface area contributed by atoms with Crippen LogP contribution in [0.5, 0.6) is 0 Å². The molecule has 10 nitrogen and oxygen atoms in total. The Morgan fingerprint density at radius 3 is 2.58 bits per heavy atom. The normalized spacial score (nSPS) is 23.3. The molecule has 0 spiro atoms. The minimum atomic E-state index is -2.72. The Morgan fingerprint density at radius 2 is 1.95 bits per heavy atom. The van der Waals surface area contributed by atoms with Crippen LogP contribution in [0, 0.1) is 11.3 Å². The zero-order chi connectivity index (χ0) is 27.9. The molecule has 2 aromatic heterocycles. The molecule has 1 saturated heterocycles. The number of alkyl halides is 2. The Kier molecular flexibility index (Phi) is 7.37. The second-order valence-corrected chi connectivity index (χ2v) is 11.7. The first-order valence-electron chi connectivity index (χ1n) is 12.9. The van der Waals surface area contributed by atoms with Crippen LogP contribution in [0.2, 0.25) is 0 Å². The summed E-state index contributed by atoms with van der Waals surface area (Å²) < 4.78 is 34.7. The summed E-state index contributed by atoms with van der Waals surface area (Å²) in [5, 5.41) is 16.6. The number of piperidine rings is 1. The van der Waals surface area contributed by atoms with E-state index in [-0.39, 0.29) is 38.1 Å². The molecule has 38 heavy (non-hydrogen) atoms. The van der Waals surface area contributed by atoms with Crippen molar-refractivity contribution in [3.8, 4) is 0 Å². The number of carboxylic acid groups (broad SMARTS) is 1. The van der Waals surface area contributed by atoms with Gasteiger partial charge in [0.2, 0.25) is 11.8 Å². The van der Waals surface area contributed by atoms with Crippen molar-refractivity contribution < 1.29 is 33.0 Å². The number of likely N-dealkylation sites (tertiary alicyclic amines) is 1. The molecule has 3 heterocycles. The number of imidazole rings is 1. The molecule has 2 fully saturated rings. The minimum Gasteiger partial charge on any atom is -0.465 e. The molecule has 4 rings (SSSR count). The van der Waals surface area contributed by atoms with Crippen LogP contribution in [-0.2, 0) is 16.0 Å². The molecule has 0 aromatic carbocycles. The van der Waals surface area contributed by atoms with Crippen molar-refractivity contribution >= 4 is 23.7 Å². The zero-order valence-corrected chi connectivity index (χ0v) is 22.2. The fourth-order valence-corrected chi connectivity index (χ4v) is 5.40. The highest BCUT2D eigenvalue weighted by atomic mass is 19.3. The van der Waals surface area contributed by atoms with Gasteiger partial charge in [-0.3, -0.25) is 4.79 Å². The molecule has 12 heteroatoms. The lowest BCUT2D eigenvalue weighted by Crippen LogP contribution is -2.50. The number of amides is 3. The Hall–Kier alpha value is -3.31. The van der Waals surface area contributed by atoms with E-state index in [9.17, 15) is 28.3 Å². The third-order valence-electron chi connectivity index (χ3n) is 7.32. The van der Waals surface area contributed by atoms with E-state index in [1.54, 1.807) is 46.2 Å². The largest absolute Gasteiger partial charge is 0.465 e. The second kappa shape index (κ2) is 10.1. The maximum absolute atomic E-state index is 13.9. The number of aromatic nitrogens is 3. The van der Waals surface area contributed by atoms with Gasteiger partial charge in [-0.1, -0.05) is 6.92 Å². The van der Waals surface area contributed by atoms with Gasteiger partial charge in [-0.2, -0.15) is 5.10 Å². The highest BCUT2D eigenvalue weighted by Crippen LogP contribution is 2.41. The summed E-state index contributed by atoms with van der Waals surface area (Å²) in [6, 6.07) is 1.13. The molecule has 1 aliphatic carbocycles. The van der Waals surface area contributed by atoms with E-state index >= 15 is 0 Å². The van der Waals surface area contributed by atoms with E-state index < -0.39 is 41.1 Å². The summed E-state index contributed by atoms with van der Waals surface area (Å²) in [7, 11) is 0. The topological polar surface area (TPSA) is 126 Å². The third-order valence-corrected chi connectivity index (χ3v) is 7.32. The van der Waals surface area contributed by atoms with Gasteiger partial charge in [-0.05, 0) is 70.4 Å². The lowest BCUT2D eigenvalue weighted by atomic mass is 9.76. The number of rotatable bonds is 5. The smallest absolute Gasteiger partial charge is 0.414 e. The molecule has 1 aliphatic heterocycles. The zero-order valence-electron chi connectivity index (χ0n) is 22.2. The molecule has 2 aromatic rings. The summed E-state index contributed by atoms with van der Waals surface area (Å²) in [5.41, 5.74) is 0.0446. The fourth-order valence-electron chi connectivity index (χ4n) is 5.40. The van der Waals surface area contributed by atoms with Gasteiger partial charge in [0.15, 0.2) is 5.65 Å². The van der Waals surface area contributed by atoms with Crippen LogP contribution in [0.1, 0.15) is 83.5 Å². The van der Waals surface area contributed by atoms with E-state index in [0.29, 0.717) is 36.2 Å². The van der Waals surface area contributed by atoms with Crippen LogP contribution in [-0.4, -0.2) is 60.8 Å². The number of imide groups is 1. The standard InChI is InChI=1S/C26H35F2N5O5/c1-24(2,3)38-22(35)31-20(17-6-9-26(27,28)10-7-17)18-15-33-19(30-18)12-16(14-29-33)13-25(4)8-5-11-32(21(25)34)23(36)37/h12,14-15,17,20H,5-11,13H2,1-4H3,(H,31,35)(H,36,37)/t20-,25?/m0/s1. The SMILES string of the molecule is CC(C)(C)OC(=O)N[C@H](c1cn2ncc(CC3(C)CCCN(C(=O)O)C3=O)cc2n1)C1CCC(F)(F)CC1. The molecule has 208 valence electrons. The van der Waals surface area contributed by atoms with E-state index in [2.05, 4.69) is 15.4 Å². The predicted octanol–water partition coefficient (Wildman–Crippen LogP) is 4.97. The first-order valence-corrected chi connectivity index (χ1v) is 12.9. The Bertz CT molecular complexity index is 1220. The molecule has 1 saturated carbocycles. The number of hydrogen-bond acceptors (Lipinski definition) is 6. The third kappa shape index (κ3) is 6.21. The number of ether oxygens (including phenoxy) is 1. The summed E-state index contributed by atoms with van der Waals surface area (Å²) in [4.78, 5) is 42.5. The fraction of sp³-hybridized carbons (Fsp3) is 0.654. The summed E-state index contributed by atoms with van der Waals surface area (Å²) >= 11 is 0.